The molecule has 1 aliphatic heterocycles. The predicted molar refractivity (Wildman–Crippen MR) is 89.0 cm³/mol. The van der Waals surface area contributed by atoms with Crippen molar-refractivity contribution in [3.8, 4) is 17.2 Å². The minimum absolute atomic E-state index is 0.0328. The molecule has 2 N–H and O–H groups in total. The molecule has 0 bridgehead atoms. The smallest absolute Gasteiger partial charge is 0.127 e. The minimum atomic E-state index is 0.0328. The topological polar surface area (TPSA) is 49.7 Å². The van der Waals surface area contributed by atoms with E-state index in [0.717, 1.165) is 36.1 Å². The van der Waals surface area contributed by atoms with Crippen molar-refractivity contribution < 1.29 is 14.9 Å². The van der Waals surface area contributed by atoms with Gasteiger partial charge in [-0.3, -0.25) is 0 Å². The molecule has 1 fully saturated rings. The van der Waals surface area contributed by atoms with Crippen molar-refractivity contribution in [3.05, 3.63) is 53.1 Å². The molecule has 120 valence electrons. The molecule has 1 aliphatic carbocycles. The van der Waals surface area contributed by atoms with Crippen LogP contribution in [0.5, 0.6) is 17.2 Å². The van der Waals surface area contributed by atoms with Crippen molar-refractivity contribution in [2.45, 2.75) is 44.6 Å². The molecule has 2 aromatic rings. The SMILES string of the molecule is CCc1cc(O)cc2c1OC(c1ccc(O)cc1)C1CCCC21. The second-order valence-electron chi connectivity index (χ2n) is 6.71. The molecular weight excluding hydrogens is 288 g/mol. The van der Waals surface area contributed by atoms with Crippen LogP contribution in [0.2, 0.25) is 0 Å². The number of phenolic OH excluding ortho intramolecular Hbond substituents is 2. The van der Waals surface area contributed by atoms with Gasteiger partial charge >= 0.3 is 0 Å². The van der Waals surface area contributed by atoms with Gasteiger partial charge in [0.15, 0.2) is 0 Å². The first-order valence-corrected chi connectivity index (χ1v) is 8.48. The third-order valence-electron chi connectivity index (χ3n) is 5.38. The fraction of sp³-hybridized carbons (Fsp3) is 0.400. The zero-order valence-corrected chi connectivity index (χ0v) is 13.3. The molecule has 4 rings (SSSR count). The summed E-state index contributed by atoms with van der Waals surface area (Å²) in [6.45, 7) is 2.09. The van der Waals surface area contributed by atoms with Crippen LogP contribution in [0, 0.1) is 5.92 Å². The van der Waals surface area contributed by atoms with Gasteiger partial charge in [0.25, 0.3) is 0 Å². The number of hydrogen-bond acceptors (Lipinski definition) is 3. The quantitative estimate of drug-likeness (QED) is 0.847. The Morgan fingerprint density at radius 1 is 1.04 bits per heavy atom. The molecule has 0 radical (unpaired) electrons. The first-order valence-electron chi connectivity index (χ1n) is 8.48. The number of aryl methyl sites for hydroxylation is 1. The van der Waals surface area contributed by atoms with Crippen LogP contribution < -0.4 is 4.74 Å². The monoisotopic (exact) mass is 310 g/mol. The fourth-order valence-electron chi connectivity index (χ4n) is 4.31. The normalized spacial score (nSPS) is 25.5. The predicted octanol–water partition coefficient (Wildman–Crippen LogP) is 4.68. The number of phenols is 2. The zero-order chi connectivity index (χ0) is 16.0. The lowest BCUT2D eigenvalue weighted by Gasteiger charge is -2.37. The average Bonchev–Trinajstić information content (AvgIpc) is 3.04. The van der Waals surface area contributed by atoms with Gasteiger partial charge in [0.05, 0.1) is 0 Å². The summed E-state index contributed by atoms with van der Waals surface area (Å²) in [7, 11) is 0. The number of fused-ring (bicyclic) bond motifs is 3. The Morgan fingerprint density at radius 3 is 2.57 bits per heavy atom. The molecule has 1 saturated carbocycles. The second kappa shape index (κ2) is 5.48. The van der Waals surface area contributed by atoms with E-state index < -0.39 is 0 Å². The van der Waals surface area contributed by atoms with Crippen molar-refractivity contribution in [2.24, 2.45) is 5.92 Å². The fourth-order valence-corrected chi connectivity index (χ4v) is 4.31. The lowest BCUT2D eigenvalue weighted by molar-refractivity contribution is 0.103. The van der Waals surface area contributed by atoms with E-state index in [0.29, 0.717) is 17.6 Å². The van der Waals surface area contributed by atoms with Crippen molar-refractivity contribution >= 4 is 0 Å². The molecule has 0 saturated heterocycles. The zero-order valence-electron chi connectivity index (χ0n) is 13.3. The maximum atomic E-state index is 10.1. The highest BCUT2D eigenvalue weighted by Gasteiger charge is 2.42. The molecule has 3 heteroatoms. The van der Waals surface area contributed by atoms with E-state index >= 15 is 0 Å². The van der Waals surface area contributed by atoms with E-state index in [1.807, 2.05) is 24.3 Å². The summed E-state index contributed by atoms with van der Waals surface area (Å²) in [6.07, 6.45) is 4.38. The van der Waals surface area contributed by atoms with Gasteiger partial charge in [-0.25, -0.2) is 0 Å². The minimum Gasteiger partial charge on any atom is -0.508 e. The van der Waals surface area contributed by atoms with Crippen molar-refractivity contribution in [3.63, 3.8) is 0 Å². The van der Waals surface area contributed by atoms with E-state index in [2.05, 4.69) is 6.92 Å². The molecule has 1 heterocycles. The summed E-state index contributed by atoms with van der Waals surface area (Å²) in [6, 6.07) is 11.1. The Morgan fingerprint density at radius 2 is 1.83 bits per heavy atom. The number of ether oxygens (including phenoxy) is 1. The summed E-state index contributed by atoms with van der Waals surface area (Å²) >= 11 is 0. The highest BCUT2D eigenvalue weighted by atomic mass is 16.5. The lowest BCUT2D eigenvalue weighted by atomic mass is 9.79. The van der Waals surface area contributed by atoms with Gasteiger partial charge in [-0.2, -0.15) is 0 Å². The van der Waals surface area contributed by atoms with Crippen LogP contribution >= 0.6 is 0 Å². The van der Waals surface area contributed by atoms with Crippen LogP contribution in [0.3, 0.4) is 0 Å². The average molecular weight is 310 g/mol. The van der Waals surface area contributed by atoms with Crippen LogP contribution in [0.4, 0.5) is 0 Å². The first kappa shape index (κ1) is 14.4. The number of benzene rings is 2. The third kappa shape index (κ3) is 2.35. The largest absolute Gasteiger partial charge is 0.508 e. The van der Waals surface area contributed by atoms with Gasteiger partial charge in [-0.1, -0.05) is 25.5 Å². The van der Waals surface area contributed by atoms with Gasteiger partial charge in [0, 0.05) is 11.5 Å². The van der Waals surface area contributed by atoms with Crippen LogP contribution in [0.1, 0.15) is 54.9 Å². The van der Waals surface area contributed by atoms with Crippen LogP contribution in [0.15, 0.2) is 36.4 Å². The third-order valence-corrected chi connectivity index (χ3v) is 5.38. The van der Waals surface area contributed by atoms with Crippen molar-refractivity contribution in [1.29, 1.82) is 0 Å². The Hall–Kier alpha value is -2.16. The van der Waals surface area contributed by atoms with Gasteiger partial charge in [-0.05, 0) is 60.6 Å². The molecule has 23 heavy (non-hydrogen) atoms. The van der Waals surface area contributed by atoms with Crippen molar-refractivity contribution in [1.82, 2.24) is 0 Å². The van der Waals surface area contributed by atoms with Gasteiger partial charge < -0.3 is 14.9 Å². The summed E-state index contributed by atoms with van der Waals surface area (Å²) in [4.78, 5) is 0. The van der Waals surface area contributed by atoms with Crippen molar-refractivity contribution in [2.75, 3.05) is 0 Å². The number of hydrogen-bond donors (Lipinski definition) is 2. The standard InChI is InChI=1S/C20H22O3/c1-2-12-10-15(22)11-18-16-4-3-5-17(16)20(23-19(12)18)13-6-8-14(21)9-7-13/h6-11,16-17,20-22H,2-5H2,1H3. The van der Waals surface area contributed by atoms with E-state index in [1.54, 1.807) is 12.1 Å². The summed E-state index contributed by atoms with van der Waals surface area (Å²) in [5, 5.41) is 19.6. The molecule has 3 atom stereocenters. The second-order valence-corrected chi connectivity index (χ2v) is 6.71. The maximum Gasteiger partial charge on any atom is 0.127 e. The molecule has 0 aromatic heterocycles. The Kier molecular flexibility index (Phi) is 3.44. The summed E-state index contributed by atoms with van der Waals surface area (Å²) in [5.74, 6) is 2.49. The summed E-state index contributed by atoms with van der Waals surface area (Å²) in [5.41, 5.74) is 3.38. The number of aromatic hydroxyl groups is 2. The molecule has 3 unspecified atom stereocenters. The van der Waals surface area contributed by atoms with Crippen LogP contribution in [-0.2, 0) is 6.42 Å². The molecule has 3 nitrogen and oxygen atoms in total. The van der Waals surface area contributed by atoms with Gasteiger partial charge in [0.2, 0.25) is 0 Å². The molecule has 2 aliphatic rings. The van der Waals surface area contributed by atoms with E-state index in [4.69, 9.17) is 4.74 Å². The highest BCUT2D eigenvalue weighted by Crippen LogP contribution is 2.55. The van der Waals surface area contributed by atoms with Gasteiger partial charge in [0.1, 0.15) is 23.4 Å². The molecular formula is C20H22O3. The Labute approximate surface area is 136 Å². The van der Waals surface area contributed by atoms with E-state index in [-0.39, 0.29) is 11.9 Å². The molecule has 0 amide bonds. The lowest BCUT2D eigenvalue weighted by Crippen LogP contribution is -2.27. The highest BCUT2D eigenvalue weighted by molar-refractivity contribution is 5.51. The molecule has 2 aromatic carbocycles. The van der Waals surface area contributed by atoms with E-state index in [9.17, 15) is 10.2 Å². The Balaban J connectivity index is 1.81. The molecule has 0 spiro atoms. The summed E-state index contributed by atoms with van der Waals surface area (Å²) < 4.78 is 6.46. The maximum absolute atomic E-state index is 10.1. The first-order chi connectivity index (χ1) is 11.2. The van der Waals surface area contributed by atoms with E-state index in [1.165, 1.54) is 12.0 Å². The van der Waals surface area contributed by atoms with Gasteiger partial charge in [-0.15, -0.1) is 0 Å². The number of rotatable bonds is 2. The van der Waals surface area contributed by atoms with Crippen LogP contribution in [0.25, 0.3) is 0 Å². The van der Waals surface area contributed by atoms with Crippen LogP contribution in [-0.4, -0.2) is 10.2 Å². The Bertz CT molecular complexity index is 720.